The molecule has 3 aliphatic heterocycles. The van der Waals surface area contributed by atoms with E-state index in [9.17, 15) is 0 Å². The Morgan fingerprint density at radius 3 is 1.75 bits per heavy atom. The monoisotopic (exact) mass is 449 g/mol. The first-order chi connectivity index (χ1) is 11.7. The lowest BCUT2D eigenvalue weighted by atomic mass is 10.0. The minimum atomic E-state index is 0.855. The van der Waals surface area contributed by atoms with Crippen LogP contribution in [-0.2, 0) is 0 Å². The molecule has 3 heterocycles. The van der Waals surface area contributed by atoms with Crippen molar-refractivity contribution in [3.05, 3.63) is 0 Å². The van der Waals surface area contributed by atoms with Crippen molar-refractivity contribution >= 4 is 22.9 Å². The summed E-state index contributed by atoms with van der Waals surface area (Å²) >= 11 is 2.48. The molecule has 0 amide bonds. The third-order valence-electron chi connectivity index (χ3n) is 6.19. The van der Waals surface area contributed by atoms with Crippen LogP contribution in [0.5, 0.6) is 0 Å². The van der Waals surface area contributed by atoms with Gasteiger partial charge in [0.15, 0.2) is 0 Å². The van der Waals surface area contributed by atoms with Crippen LogP contribution in [0, 0.1) is 0 Å². The number of hydrogen-bond donors (Lipinski definition) is 0. The second kappa shape index (κ2) is 10.0. The van der Waals surface area contributed by atoms with Gasteiger partial charge in [-0.05, 0) is 38.9 Å². The standard InChI is InChI=1S/C18H36IN5/c1-2-20-10-12-21(13-11-20)6-3-7-22-14-16-23(17-15-22)18-4-8-24(19)9-5-18/h18H,2-17H2,1H3. The maximum atomic E-state index is 2.77. The van der Waals surface area contributed by atoms with Crippen LogP contribution in [0.3, 0.4) is 0 Å². The largest absolute Gasteiger partial charge is 0.301 e. The first kappa shape index (κ1) is 19.3. The Labute approximate surface area is 162 Å². The van der Waals surface area contributed by atoms with Crippen LogP contribution in [0.15, 0.2) is 0 Å². The number of hydrogen-bond acceptors (Lipinski definition) is 5. The van der Waals surface area contributed by atoms with E-state index in [0.29, 0.717) is 0 Å². The van der Waals surface area contributed by atoms with E-state index in [1.165, 1.54) is 104 Å². The molecular weight excluding hydrogens is 413 g/mol. The van der Waals surface area contributed by atoms with Crippen molar-refractivity contribution in [2.24, 2.45) is 0 Å². The molecular formula is C18H36IN5. The van der Waals surface area contributed by atoms with Gasteiger partial charge in [-0.15, -0.1) is 0 Å². The van der Waals surface area contributed by atoms with Gasteiger partial charge in [0, 0.05) is 94.4 Å². The summed E-state index contributed by atoms with van der Waals surface area (Å²) in [4.78, 5) is 10.7. The van der Waals surface area contributed by atoms with Crippen molar-refractivity contribution in [3.63, 3.8) is 0 Å². The number of nitrogens with zero attached hydrogens (tertiary/aromatic N) is 5. The molecule has 0 radical (unpaired) electrons. The lowest BCUT2D eigenvalue weighted by Gasteiger charge is -2.42. The average molecular weight is 449 g/mol. The predicted molar refractivity (Wildman–Crippen MR) is 110 cm³/mol. The highest BCUT2D eigenvalue weighted by molar-refractivity contribution is 14.1. The smallest absolute Gasteiger partial charge is 0.0201 e. The van der Waals surface area contributed by atoms with E-state index in [1.54, 1.807) is 0 Å². The van der Waals surface area contributed by atoms with Crippen LogP contribution < -0.4 is 0 Å². The number of piperazine rings is 2. The SMILES string of the molecule is CCN1CCN(CCCN2CCN(C3CCN(I)CC3)CC2)CC1. The van der Waals surface area contributed by atoms with Gasteiger partial charge in [-0.25, -0.2) is 3.11 Å². The fourth-order valence-corrected chi connectivity index (χ4v) is 4.96. The van der Waals surface area contributed by atoms with E-state index in [2.05, 4.69) is 52.5 Å². The molecule has 0 aromatic heterocycles. The van der Waals surface area contributed by atoms with E-state index < -0.39 is 0 Å². The number of likely N-dealkylation sites (N-methyl/N-ethyl adjacent to an activating group) is 1. The zero-order valence-electron chi connectivity index (χ0n) is 15.5. The molecule has 0 N–H and O–H groups in total. The minimum absolute atomic E-state index is 0.855. The molecule has 6 heteroatoms. The van der Waals surface area contributed by atoms with Crippen LogP contribution in [-0.4, -0.2) is 114 Å². The molecule has 3 rings (SSSR count). The molecule has 140 valence electrons. The first-order valence-corrected chi connectivity index (χ1v) is 11.0. The Kier molecular flexibility index (Phi) is 8.05. The van der Waals surface area contributed by atoms with Gasteiger partial charge in [0.25, 0.3) is 0 Å². The molecule has 5 nitrogen and oxygen atoms in total. The highest BCUT2D eigenvalue weighted by Gasteiger charge is 2.26. The van der Waals surface area contributed by atoms with Gasteiger partial charge in [-0.2, -0.15) is 0 Å². The van der Waals surface area contributed by atoms with Gasteiger partial charge in [-0.1, -0.05) is 6.92 Å². The Hall–Kier alpha value is 0.530. The molecule has 0 atom stereocenters. The second-order valence-electron chi connectivity index (χ2n) is 7.65. The zero-order valence-corrected chi connectivity index (χ0v) is 17.7. The van der Waals surface area contributed by atoms with Crippen molar-refractivity contribution in [2.45, 2.75) is 32.2 Å². The summed E-state index contributed by atoms with van der Waals surface area (Å²) in [6.07, 6.45) is 4.08. The average Bonchev–Trinajstić information content (AvgIpc) is 2.64. The van der Waals surface area contributed by atoms with Crippen molar-refractivity contribution < 1.29 is 0 Å². The lowest BCUT2D eigenvalue weighted by Crippen LogP contribution is -2.52. The number of rotatable bonds is 6. The quantitative estimate of drug-likeness (QED) is 0.450. The molecule has 0 unspecified atom stereocenters. The maximum Gasteiger partial charge on any atom is 0.0201 e. The third kappa shape index (κ3) is 5.77. The van der Waals surface area contributed by atoms with Crippen molar-refractivity contribution in [1.29, 1.82) is 0 Å². The molecule has 0 aromatic carbocycles. The Morgan fingerprint density at radius 1 is 0.708 bits per heavy atom. The van der Waals surface area contributed by atoms with E-state index in [-0.39, 0.29) is 0 Å². The van der Waals surface area contributed by atoms with E-state index in [1.807, 2.05) is 0 Å². The summed E-state index contributed by atoms with van der Waals surface area (Å²) < 4.78 is 2.45. The first-order valence-electron chi connectivity index (χ1n) is 10.1. The van der Waals surface area contributed by atoms with Crippen LogP contribution in [0.25, 0.3) is 0 Å². The summed E-state index contributed by atoms with van der Waals surface area (Å²) in [6.45, 7) is 18.9. The molecule has 3 aliphatic rings. The Morgan fingerprint density at radius 2 is 1.21 bits per heavy atom. The van der Waals surface area contributed by atoms with Gasteiger partial charge in [0.2, 0.25) is 0 Å². The van der Waals surface area contributed by atoms with Gasteiger partial charge >= 0.3 is 0 Å². The Bertz CT molecular complexity index is 345. The fraction of sp³-hybridized carbons (Fsp3) is 1.00. The lowest BCUT2D eigenvalue weighted by molar-refractivity contribution is 0.0714. The second-order valence-corrected chi connectivity index (χ2v) is 9.01. The van der Waals surface area contributed by atoms with Gasteiger partial charge in [-0.3, -0.25) is 4.90 Å². The Balaban J connectivity index is 1.26. The molecule has 3 fully saturated rings. The molecule has 0 aliphatic carbocycles. The predicted octanol–water partition coefficient (Wildman–Crippen LogP) is 1.45. The van der Waals surface area contributed by atoms with Crippen LogP contribution in [0.1, 0.15) is 26.2 Å². The van der Waals surface area contributed by atoms with E-state index in [4.69, 9.17) is 0 Å². The third-order valence-corrected chi connectivity index (χ3v) is 7.16. The van der Waals surface area contributed by atoms with Crippen molar-refractivity contribution in [2.75, 3.05) is 85.1 Å². The number of halogens is 1. The minimum Gasteiger partial charge on any atom is -0.301 e. The molecule has 24 heavy (non-hydrogen) atoms. The van der Waals surface area contributed by atoms with Gasteiger partial charge in [0.1, 0.15) is 0 Å². The van der Waals surface area contributed by atoms with Gasteiger partial charge < -0.3 is 14.7 Å². The van der Waals surface area contributed by atoms with Crippen LogP contribution in [0.4, 0.5) is 0 Å². The van der Waals surface area contributed by atoms with Crippen LogP contribution >= 0.6 is 22.9 Å². The van der Waals surface area contributed by atoms with E-state index >= 15 is 0 Å². The number of piperidine rings is 1. The highest BCUT2D eigenvalue weighted by Crippen LogP contribution is 2.20. The topological polar surface area (TPSA) is 16.2 Å². The summed E-state index contributed by atoms with van der Waals surface area (Å²) in [5.74, 6) is 0. The van der Waals surface area contributed by atoms with Crippen molar-refractivity contribution in [3.8, 4) is 0 Å². The van der Waals surface area contributed by atoms with Crippen LogP contribution in [0.2, 0.25) is 0 Å². The summed E-state index contributed by atoms with van der Waals surface area (Å²) in [5.41, 5.74) is 0. The summed E-state index contributed by atoms with van der Waals surface area (Å²) in [7, 11) is 0. The van der Waals surface area contributed by atoms with E-state index in [0.717, 1.165) is 6.04 Å². The molecule has 3 saturated heterocycles. The molecule has 0 spiro atoms. The summed E-state index contributed by atoms with van der Waals surface area (Å²) in [5, 5.41) is 0. The van der Waals surface area contributed by atoms with Crippen molar-refractivity contribution in [1.82, 2.24) is 22.7 Å². The molecule has 0 aromatic rings. The summed E-state index contributed by atoms with van der Waals surface area (Å²) in [6, 6.07) is 0.855. The maximum absolute atomic E-state index is 2.77. The fourth-order valence-electron chi connectivity index (χ4n) is 4.40. The normalized spacial score (nSPS) is 27.8. The zero-order chi connectivity index (χ0) is 16.8. The van der Waals surface area contributed by atoms with Gasteiger partial charge in [0.05, 0.1) is 0 Å². The molecule has 0 saturated carbocycles. The highest BCUT2D eigenvalue weighted by atomic mass is 127. The molecule has 0 bridgehead atoms.